The van der Waals surface area contributed by atoms with Crippen molar-refractivity contribution in [3.05, 3.63) is 41.0 Å². The van der Waals surface area contributed by atoms with Gasteiger partial charge in [-0.15, -0.1) is 0 Å². The highest BCUT2D eigenvalue weighted by molar-refractivity contribution is 6.30. The molecule has 1 aromatic heterocycles. The number of amides is 1. The molecule has 1 aliphatic rings. The van der Waals surface area contributed by atoms with Gasteiger partial charge in [-0.1, -0.05) is 28.9 Å². The second kappa shape index (κ2) is 5.03. The van der Waals surface area contributed by atoms with Crippen molar-refractivity contribution in [1.82, 2.24) is 10.5 Å². The molecule has 6 heteroatoms. The van der Waals surface area contributed by atoms with Crippen LogP contribution in [0.3, 0.4) is 0 Å². The van der Waals surface area contributed by atoms with Crippen LogP contribution in [0.25, 0.3) is 11.3 Å². The molecule has 5 nitrogen and oxygen atoms in total. The minimum absolute atomic E-state index is 0.118. The van der Waals surface area contributed by atoms with E-state index in [4.69, 9.17) is 20.9 Å². The van der Waals surface area contributed by atoms with Gasteiger partial charge in [-0.2, -0.15) is 0 Å². The van der Waals surface area contributed by atoms with Crippen molar-refractivity contribution < 1.29 is 14.1 Å². The smallest absolute Gasteiger partial charge is 0.251 e. The molecule has 1 atom stereocenters. The van der Waals surface area contributed by atoms with Gasteiger partial charge in [-0.25, -0.2) is 0 Å². The molecule has 1 aromatic carbocycles. The molecule has 0 saturated carbocycles. The molecule has 1 fully saturated rings. The summed E-state index contributed by atoms with van der Waals surface area (Å²) in [5.74, 6) is 0.502. The molecule has 1 aliphatic heterocycles. The van der Waals surface area contributed by atoms with Gasteiger partial charge < -0.3 is 14.6 Å². The summed E-state index contributed by atoms with van der Waals surface area (Å²) in [4.78, 5) is 11.4. The van der Waals surface area contributed by atoms with Gasteiger partial charge in [0.15, 0.2) is 11.9 Å². The van der Waals surface area contributed by atoms with Crippen LogP contribution in [0.15, 0.2) is 34.9 Å². The topological polar surface area (TPSA) is 67.7 Å². The van der Waals surface area contributed by atoms with Crippen molar-refractivity contribution in [2.75, 3.05) is 6.61 Å². The fourth-order valence-electron chi connectivity index (χ4n) is 1.66. The van der Waals surface area contributed by atoms with Crippen LogP contribution in [0.1, 0.15) is 5.69 Å². The number of nitrogens with one attached hydrogen (secondary N) is 1. The Morgan fingerprint density at radius 3 is 3.05 bits per heavy atom. The third-order valence-corrected chi connectivity index (χ3v) is 2.97. The third kappa shape index (κ3) is 2.94. The molecular weight excluding hydrogens is 268 g/mol. The van der Waals surface area contributed by atoms with Crippen molar-refractivity contribution >= 4 is 17.5 Å². The van der Waals surface area contributed by atoms with Gasteiger partial charge in [0.05, 0.1) is 13.2 Å². The van der Waals surface area contributed by atoms with E-state index in [2.05, 4.69) is 10.5 Å². The van der Waals surface area contributed by atoms with Crippen molar-refractivity contribution in [3.8, 4) is 11.3 Å². The molecule has 98 valence electrons. The minimum atomic E-state index is -0.292. The highest BCUT2D eigenvalue weighted by Gasteiger charge is 2.30. The fourth-order valence-corrected chi connectivity index (χ4v) is 1.85. The summed E-state index contributed by atoms with van der Waals surface area (Å²) in [6, 6.07) is 9.08. The van der Waals surface area contributed by atoms with E-state index in [1.165, 1.54) is 0 Å². The van der Waals surface area contributed by atoms with Crippen molar-refractivity contribution in [2.24, 2.45) is 0 Å². The Labute approximate surface area is 114 Å². The van der Waals surface area contributed by atoms with Gasteiger partial charge in [-0.3, -0.25) is 4.79 Å². The fraction of sp³-hybridized carbons (Fsp3) is 0.231. The SMILES string of the molecule is O=C(NCc1cc(-c2cccc(Cl)c2)on1)C1CO1. The monoisotopic (exact) mass is 278 g/mol. The third-order valence-electron chi connectivity index (χ3n) is 2.74. The zero-order chi connectivity index (χ0) is 13.2. The van der Waals surface area contributed by atoms with E-state index in [0.29, 0.717) is 29.6 Å². The average Bonchev–Trinajstić information content (AvgIpc) is 3.15. The maximum Gasteiger partial charge on any atom is 0.251 e. The molecular formula is C13H11ClN2O3. The first-order chi connectivity index (χ1) is 9.22. The van der Waals surface area contributed by atoms with E-state index in [9.17, 15) is 4.79 Å². The van der Waals surface area contributed by atoms with E-state index in [1.54, 1.807) is 18.2 Å². The van der Waals surface area contributed by atoms with Crippen LogP contribution in [0.4, 0.5) is 0 Å². The molecule has 0 aliphatic carbocycles. The summed E-state index contributed by atoms with van der Waals surface area (Å²) in [5, 5.41) is 7.26. The molecule has 19 heavy (non-hydrogen) atoms. The number of epoxide rings is 1. The minimum Gasteiger partial charge on any atom is -0.363 e. The van der Waals surface area contributed by atoms with Crippen LogP contribution in [0.2, 0.25) is 5.02 Å². The summed E-state index contributed by atoms with van der Waals surface area (Å²) >= 11 is 5.91. The number of benzene rings is 1. The molecule has 1 unspecified atom stereocenters. The number of carbonyl (C=O) groups excluding carboxylic acids is 1. The zero-order valence-electron chi connectivity index (χ0n) is 9.93. The summed E-state index contributed by atoms with van der Waals surface area (Å²) in [5.41, 5.74) is 1.51. The second-order valence-electron chi connectivity index (χ2n) is 4.23. The number of aromatic nitrogens is 1. The van der Waals surface area contributed by atoms with Crippen LogP contribution in [-0.4, -0.2) is 23.8 Å². The Morgan fingerprint density at radius 2 is 2.32 bits per heavy atom. The van der Waals surface area contributed by atoms with E-state index < -0.39 is 0 Å². The van der Waals surface area contributed by atoms with Gasteiger partial charge in [-0.05, 0) is 12.1 Å². The normalized spacial score (nSPS) is 17.2. The van der Waals surface area contributed by atoms with E-state index in [1.807, 2.05) is 12.1 Å². The predicted octanol–water partition coefficient (Wildman–Crippen LogP) is 2.01. The molecule has 2 heterocycles. The molecule has 3 rings (SSSR count). The number of hydrogen-bond donors (Lipinski definition) is 1. The highest BCUT2D eigenvalue weighted by Crippen LogP contribution is 2.23. The lowest BCUT2D eigenvalue weighted by molar-refractivity contribution is -0.122. The highest BCUT2D eigenvalue weighted by atomic mass is 35.5. The quantitative estimate of drug-likeness (QED) is 0.869. The molecule has 1 N–H and O–H groups in total. The first-order valence-corrected chi connectivity index (χ1v) is 6.21. The zero-order valence-corrected chi connectivity index (χ0v) is 10.7. The summed E-state index contributed by atoms with van der Waals surface area (Å²) in [6.07, 6.45) is -0.292. The Balaban J connectivity index is 1.67. The van der Waals surface area contributed by atoms with Crippen molar-refractivity contribution in [3.63, 3.8) is 0 Å². The molecule has 0 spiro atoms. The number of hydrogen-bond acceptors (Lipinski definition) is 4. The summed E-state index contributed by atoms with van der Waals surface area (Å²) in [7, 11) is 0. The lowest BCUT2D eigenvalue weighted by Crippen LogP contribution is -2.27. The van der Waals surface area contributed by atoms with Gasteiger partial charge in [0.25, 0.3) is 5.91 Å². The summed E-state index contributed by atoms with van der Waals surface area (Å²) in [6.45, 7) is 0.821. The van der Waals surface area contributed by atoms with E-state index >= 15 is 0 Å². The Hall–Kier alpha value is -1.85. The first-order valence-electron chi connectivity index (χ1n) is 5.83. The van der Waals surface area contributed by atoms with Crippen molar-refractivity contribution in [2.45, 2.75) is 12.6 Å². The Morgan fingerprint density at radius 1 is 1.47 bits per heavy atom. The van der Waals surface area contributed by atoms with Crippen LogP contribution < -0.4 is 5.32 Å². The maximum atomic E-state index is 11.4. The molecule has 0 radical (unpaired) electrons. The molecule has 1 amide bonds. The number of halogens is 1. The number of ether oxygens (including phenoxy) is 1. The standard InChI is InChI=1S/C13H11ClN2O3/c14-9-3-1-2-8(4-9)11-5-10(16-19-11)6-15-13(17)12-7-18-12/h1-5,12H,6-7H2,(H,15,17). The van der Waals surface area contributed by atoms with Crippen LogP contribution in [0.5, 0.6) is 0 Å². The number of carbonyl (C=O) groups is 1. The lowest BCUT2D eigenvalue weighted by Gasteiger charge is -1.97. The van der Waals surface area contributed by atoms with E-state index in [0.717, 1.165) is 5.56 Å². The number of rotatable bonds is 4. The van der Waals surface area contributed by atoms with Crippen LogP contribution >= 0.6 is 11.6 Å². The van der Waals surface area contributed by atoms with Crippen LogP contribution in [0, 0.1) is 0 Å². The van der Waals surface area contributed by atoms with Crippen LogP contribution in [-0.2, 0) is 16.1 Å². The maximum absolute atomic E-state index is 11.4. The lowest BCUT2D eigenvalue weighted by atomic mass is 10.1. The Kier molecular flexibility index (Phi) is 3.23. The van der Waals surface area contributed by atoms with Gasteiger partial charge in [0.2, 0.25) is 0 Å². The molecule has 2 aromatic rings. The largest absolute Gasteiger partial charge is 0.363 e. The van der Waals surface area contributed by atoms with Crippen molar-refractivity contribution in [1.29, 1.82) is 0 Å². The average molecular weight is 279 g/mol. The van der Waals surface area contributed by atoms with Gasteiger partial charge in [0.1, 0.15) is 5.69 Å². The molecule has 0 bridgehead atoms. The number of nitrogens with zero attached hydrogens (tertiary/aromatic N) is 1. The van der Waals surface area contributed by atoms with Gasteiger partial charge in [0, 0.05) is 16.7 Å². The Bertz CT molecular complexity index is 607. The van der Waals surface area contributed by atoms with Gasteiger partial charge >= 0.3 is 0 Å². The predicted molar refractivity (Wildman–Crippen MR) is 68.5 cm³/mol. The second-order valence-corrected chi connectivity index (χ2v) is 4.67. The summed E-state index contributed by atoms with van der Waals surface area (Å²) < 4.78 is 10.1. The molecule has 1 saturated heterocycles. The first kappa shape index (κ1) is 12.2. The van der Waals surface area contributed by atoms with E-state index in [-0.39, 0.29) is 12.0 Å².